The molecule has 1 saturated heterocycles. The smallest absolute Gasteiger partial charge is 0.278 e. The molecule has 34 heavy (non-hydrogen) atoms. The van der Waals surface area contributed by atoms with Crippen molar-refractivity contribution < 1.29 is 9.59 Å². The lowest BCUT2D eigenvalue weighted by Crippen LogP contribution is -2.47. The van der Waals surface area contributed by atoms with E-state index < -0.39 is 0 Å². The highest BCUT2D eigenvalue weighted by Crippen LogP contribution is 2.33. The van der Waals surface area contributed by atoms with Crippen molar-refractivity contribution >= 4 is 17.4 Å². The van der Waals surface area contributed by atoms with E-state index in [0.717, 1.165) is 36.3 Å². The zero-order chi connectivity index (χ0) is 23.5. The molecule has 0 atom stereocenters. The van der Waals surface area contributed by atoms with E-state index in [2.05, 4.69) is 39.0 Å². The van der Waals surface area contributed by atoms with Crippen LogP contribution in [0.1, 0.15) is 22.3 Å². The number of amides is 2. The first kappa shape index (κ1) is 22.0. The number of imide groups is 1. The van der Waals surface area contributed by atoms with E-state index in [1.165, 1.54) is 10.5 Å². The monoisotopic (exact) mass is 452 g/mol. The van der Waals surface area contributed by atoms with Crippen LogP contribution in [0.4, 0.5) is 0 Å². The summed E-state index contributed by atoms with van der Waals surface area (Å²) in [5, 5.41) is 0. The first-order chi connectivity index (χ1) is 16.6. The summed E-state index contributed by atoms with van der Waals surface area (Å²) >= 11 is 0. The minimum absolute atomic E-state index is 0.221. The Morgan fingerprint density at radius 2 is 1.47 bits per heavy atom. The van der Waals surface area contributed by atoms with Crippen LogP contribution in [0.15, 0.2) is 84.8 Å². The highest BCUT2D eigenvalue weighted by molar-refractivity contribution is 6.35. The van der Waals surface area contributed by atoms with Crippen LogP contribution in [-0.2, 0) is 22.7 Å². The van der Waals surface area contributed by atoms with Crippen LogP contribution in [0.3, 0.4) is 0 Å². The molecule has 5 rings (SSSR count). The first-order valence-electron chi connectivity index (χ1n) is 11.7. The van der Waals surface area contributed by atoms with Crippen LogP contribution in [0, 0.1) is 6.92 Å². The van der Waals surface area contributed by atoms with Gasteiger partial charge >= 0.3 is 0 Å². The van der Waals surface area contributed by atoms with Gasteiger partial charge in [-0.1, -0.05) is 66.2 Å². The Morgan fingerprint density at radius 1 is 0.765 bits per heavy atom. The van der Waals surface area contributed by atoms with Gasteiger partial charge in [0.2, 0.25) is 0 Å². The minimum Gasteiger partial charge on any atom is -0.364 e. The Hall–Kier alpha value is -3.77. The molecule has 2 aliphatic heterocycles. The van der Waals surface area contributed by atoms with Gasteiger partial charge in [0.15, 0.2) is 0 Å². The largest absolute Gasteiger partial charge is 0.364 e. The highest BCUT2D eigenvalue weighted by Gasteiger charge is 2.42. The number of pyridine rings is 1. The molecule has 1 fully saturated rings. The van der Waals surface area contributed by atoms with Gasteiger partial charge in [-0.2, -0.15) is 0 Å². The molecule has 0 spiro atoms. The van der Waals surface area contributed by atoms with Crippen LogP contribution < -0.4 is 0 Å². The van der Waals surface area contributed by atoms with E-state index in [4.69, 9.17) is 0 Å². The summed E-state index contributed by atoms with van der Waals surface area (Å²) in [6.45, 7) is 6.21. The minimum atomic E-state index is -0.237. The molecule has 6 nitrogen and oxygen atoms in total. The van der Waals surface area contributed by atoms with Crippen molar-refractivity contribution in [2.24, 2.45) is 0 Å². The molecule has 6 heteroatoms. The van der Waals surface area contributed by atoms with Crippen LogP contribution in [-0.4, -0.2) is 57.7 Å². The van der Waals surface area contributed by atoms with Crippen molar-refractivity contribution in [2.75, 3.05) is 26.2 Å². The number of benzene rings is 2. The number of carbonyl (C=O) groups is 2. The molecular weight excluding hydrogens is 424 g/mol. The van der Waals surface area contributed by atoms with Crippen molar-refractivity contribution in [2.45, 2.75) is 20.0 Å². The van der Waals surface area contributed by atoms with Gasteiger partial charge in [-0.25, -0.2) is 0 Å². The van der Waals surface area contributed by atoms with Gasteiger partial charge in [0, 0.05) is 45.1 Å². The van der Waals surface area contributed by atoms with E-state index in [-0.39, 0.29) is 18.4 Å². The fraction of sp³-hybridized carbons (Fsp3) is 0.250. The molecule has 3 heterocycles. The zero-order valence-electron chi connectivity index (χ0n) is 19.4. The summed E-state index contributed by atoms with van der Waals surface area (Å²) in [7, 11) is 0. The van der Waals surface area contributed by atoms with E-state index >= 15 is 0 Å². The molecule has 1 aromatic heterocycles. The lowest BCUT2D eigenvalue weighted by Gasteiger charge is -2.36. The lowest BCUT2D eigenvalue weighted by molar-refractivity contribution is -0.138. The fourth-order valence-corrected chi connectivity index (χ4v) is 4.63. The SMILES string of the molecule is Cc1ccc(C2=C(N3CCN(Cc4ccccc4)CC3)C(=O)N(Cc3cccnc3)C2=O)cc1. The van der Waals surface area contributed by atoms with Gasteiger partial charge < -0.3 is 4.90 Å². The van der Waals surface area contributed by atoms with Crippen molar-refractivity contribution in [3.05, 3.63) is 107 Å². The molecule has 2 aliphatic rings. The number of aromatic nitrogens is 1. The van der Waals surface area contributed by atoms with Crippen molar-refractivity contribution in [1.29, 1.82) is 0 Å². The molecule has 0 bridgehead atoms. The zero-order valence-corrected chi connectivity index (χ0v) is 19.4. The standard InChI is InChI=1S/C28H28N4O2/c1-21-9-11-24(12-10-21)25-26(28(34)32(27(25)33)20-23-8-5-13-29-18-23)31-16-14-30(15-17-31)19-22-6-3-2-4-7-22/h2-13,18H,14-17,19-20H2,1H3. The Labute approximate surface area is 200 Å². The molecule has 0 unspecified atom stereocenters. The van der Waals surface area contributed by atoms with Gasteiger partial charge in [-0.05, 0) is 29.7 Å². The maximum Gasteiger partial charge on any atom is 0.278 e. The van der Waals surface area contributed by atoms with E-state index in [1.807, 2.05) is 49.4 Å². The van der Waals surface area contributed by atoms with Gasteiger partial charge in [0.1, 0.15) is 5.70 Å². The number of nitrogens with zero attached hydrogens (tertiary/aromatic N) is 4. The second-order valence-corrected chi connectivity index (χ2v) is 8.90. The predicted molar refractivity (Wildman–Crippen MR) is 131 cm³/mol. The molecule has 0 radical (unpaired) electrons. The molecule has 0 N–H and O–H groups in total. The van der Waals surface area contributed by atoms with Crippen LogP contribution in [0.5, 0.6) is 0 Å². The lowest BCUT2D eigenvalue weighted by atomic mass is 10.0. The van der Waals surface area contributed by atoms with Gasteiger partial charge in [-0.3, -0.25) is 24.4 Å². The average molecular weight is 453 g/mol. The maximum absolute atomic E-state index is 13.6. The molecular formula is C28H28N4O2. The number of rotatable bonds is 6. The maximum atomic E-state index is 13.6. The normalized spacial score (nSPS) is 17.1. The summed E-state index contributed by atoms with van der Waals surface area (Å²) in [5.41, 5.74) is 5.05. The van der Waals surface area contributed by atoms with Crippen molar-refractivity contribution in [1.82, 2.24) is 19.7 Å². The van der Waals surface area contributed by atoms with E-state index in [0.29, 0.717) is 24.4 Å². The quantitative estimate of drug-likeness (QED) is 0.536. The summed E-state index contributed by atoms with van der Waals surface area (Å²) in [4.78, 5) is 37.2. The Bertz CT molecular complexity index is 1200. The van der Waals surface area contributed by atoms with E-state index in [9.17, 15) is 9.59 Å². The highest BCUT2D eigenvalue weighted by atomic mass is 16.2. The summed E-state index contributed by atoms with van der Waals surface area (Å²) in [6, 6.07) is 22.0. The number of piperazine rings is 1. The second kappa shape index (κ2) is 9.61. The van der Waals surface area contributed by atoms with Gasteiger partial charge in [0.05, 0.1) is 12.1 Å². The Morgan fingerprint density at radius 3 is 2.15 bits per heavy atom. The van der Waals surface area contributed by atoms with Crippen molar-refractivity contribution in [3.63, 3.8) is 0 Å². The summed E-state index contributed by atoms with van der Waals surface area (Å²) in [6.07, 6.45) is 3.39. The number of hydrogen-bond donors (Lipinski definition) is 0. The molecule has 172 valence electrons. The van der Waals surface area contributed by atoms with Gasteiger partial charge in [0.25, 0.3) is 11.8 Å². The summed E-state index contributed by atoms with van der Waals surface area (Å²) in [5.74, 6) is -0.458. The number of carbonyl (C=O) groups excluding carboxylic acids is 2. The van der Waals surface area contributed by atoms with Gasteiger partial charge in [-0.15, -0.1) is 0 Å². The number of aryl methyl sites for hydroxylation is 1. The fourth-order valence-electron chi connectivity index (χ4n) is 4.63. The molecule has 3 aromatic rings. The topological polar surface area (TPSA) is 56.8 Å². The number of hydrogen-bond acceptors (Lipinski definition) is 5. The van der Waals surface area contributed by atoms with E-state index in [1.54, 1.807) is 12.4 Å². The van der Waals surface area contributed by atoms with Crippen molar-refractivity contribution in [3.8, 4) is 0 Å². The Kier molecular flexibility index (Phi) is 6.23. The average Bonchev–Trinajstić information content (AvgIpc) is 3.11. The van der Waals surface area contributed by atoms with Crippen LogP contribution in [0.2, 0.25) is 0 Å². The second-order valence-electron chi connectivity index (χ2n) is 8.90. The third kappa shape index (κ3) is 4.50. The molecule has 2 amide bonds. The predicted octanol–water partition coefficient (Wildman–Crippen LogP) is 3.49. The molecule has 0 saturated carbocycles. The van der Waals surface area contributed by atoms with Crippen LogP contribution in [0.25, 0.3) is 5.57 Å². The van der Waals surface area contributed by atoms with Crippen LogP contribution >= 0.6 is 0 Å². The summed E-state index contributed by atoms with van der Waals surface area (Å²) < 4.78 is 0. The first-order valence-corrected chi connectivity index (χ1v) is 11.7. The third-order valence-corrected chi connectivity index (χ3v) is 6.48. The Balaban J connectivity index is 1.40. The molecule has 2 aromatic carbocycles. The third-order valence-electron chi connectivity index (χ3n) is 6.48. The molecule has 0 aliphatic carbocycles.